The van der Waals surface area contributed by atoms with Gasteiger partial charge in [-0.25, -0.2) is 0 Å². The summed E-state index contributed by atoms with van der Waals surface area (Å²) in [5, 5.41) is 46.2. The van der Waals surface area contributed by atoms with Gasteiger partial charge in [-0.2, -0.15) is 0 Å². The lowest BCUT2D eigenvalue weighted by Crippen LogP contribution is -2.29. The number of benzene rings is 2. The second-order valence-corrected chi connectivity index (χ2v) is 8.59. The second-order valence-electron chi connectivity index (χ2n) is 8.59. The van der Waals surface area contributed by atoms with Gasteiger partial charge in [0.2, 0.25) is 0 Å². The van der Waals surface area contributed by atoms with E-state index >= 15 is 0 Å². The Morgan fingerprint density at radius 1 is 0.676 bits per heavy atom. The van der Waals surface area contributed by atoms with Gasteiger partial charge in [0.15, 0.2) is 0 Å². The highest BCUT2D eigenvalue weighted by molar-refractivity contribution is 5.52. The molecule has 2 aromatic carbocycles. The van der Waals surface area contributed by atoms with Crippen LogP contribution in [0.4, 0.5) is 22.7 Å². The Morgan fingerprint density at radius 3 is 1.38 bits per heavy atom. The molecule has 2 aliphatic rings. The summed E-state index contributed by atoms with van der Waals surface area (Å²) in [4.78, 5) is 43.2. The lowest BCUT2D eigenvalue weighted by atomic mass is 9.96. The van der Waals surface area contributed by atoms with Crippen molar-refractivity contribution in [1.29, 1.82) is 0 Å². The van der Waals surface area contributed by atoms with Gasteiger partial charge in [-0.15, -0.1) is 0 Å². The summed E-state index contributed by atoms with van der Waals surface area (Å²) in [6.07, 6.45) is -1.44. The van der Waals surface area contributed by atoms with Crippen molar-refractivity contribution in [2.75, 3.05) is 13.2 Å². The molecule has 0 N–H and O–H groups in total. The molecule has 196 valence electrons. The molecule has 0 aromatic heterocycles. The summed E-state index contributed by atoms with van der Waals surface area (Å²) in [5.41, 5.74) is -2.06. The summed E-state index contributed by atoms with van der Waals surface area (Å²) < 4.78 is 17.9. The molecule has 2 fully saturated rings. The molecular formula is C22H22N4O11. The fraction of sp³-hybridized carbons (Fsp3) is 0.455. The number of non-ortho nitro benzene ring substituents is 2. The smallest absolute Gasteiger partial charge is 0.282 e. The van der Waals surface area contributed by atoms with E-state index in [0.717, 1.165) is 24.3 Å². The largest absolute Gasteiger partial charge is 0.375 e. The van der Waals surface area contributed by atoms with E-state index in [1.807, 2.05) is 0 Å². The highest BCUT2D eigenvalue weighted by Gasteiger charge is 2.41. The van der Waals surface area contributed by atoms with E-state index in [9.17, 15) is 40.5 Å². The minimum Gasteiger partial charge on any atom is -0.375 e. The topological polar surface area (TPSA) is 200 Å². The van der Waals surface area contributed by atoms with E-state index in [4.69, 9.17) is 14.2 Å². The minimum absolute atomic E-state index is 0.00932. The first-order valence-electron chi connectivity index (χ1n) is 11.4. The molecular weight excluding hydrogens is 496 g/mol. The number of nitrogens with zero attached hydrogens (tertiary/aromatic N) is 4. The fourth-order valence-corrected chi connectivity index (χ4v) is 4.65. The van der Waals surface area contributed by atoms with Crippen LogP contribution in [0.1, 0.15) is 49.0 Å². The molecule has 2 aromatic rings. The van der Waals surface area contributed by atoms with Gasteiger partial charge in [-0.1, -0.05) is 0 Å². The van der Waals surface area contributed by atoms with Crippen LogP contribution in [0.15, 0.2) is 36.4 Å². The average molecular weight is 518 g/mol. The molecule has 15 nitrogen and oxygen atoms in total. The first-order chi connectivity index (χ1) is 17.7. The van der Waals surface area contributed by atoms with Gasteiger partial charge in [0.05, 0.1) is 55.2 Å². The van der Waals surface area contributed by atoms with E-state index in [-0.39, 0.29) is 11.1 Å². The highest BCUT2D eigenvalue weighted by Crippen LogP contribution is 2.44. The van der Waals surface area contributed by atoms with Gasteiger partial charge >= 0.3 is 0 Å². The number of nitro groups is 4. The Kier molecular flexibility index (Phi) is 7.66. The Labute approximate surface area is 208 Å². The molecule has 37 heavy (non-hydrogen) atoms. The zero-order valence-electron chi connectivity index (χ0n) is 19.3. The maximum atomic E-state index is 11.9. The predicted molar refractivity (Wildman–Crippen MR) is 124 cm³/mol. The highest BCUT2D eigenvalue weighted by atomic mass is 16.6. The van der Waals surface area contributed by atoms with Crippen LogP contribution in [0.5, 0.6) is 0 Å². The number of hydrogen-bond acceptors (Lipinski definition) is 11. The number of rotatable bonds is 10. The molecule has 2 saturated heterocycles. The van der Waals surface area contributed by atoms with Crippen LogP contribution in [-0.4, -0.2) is 45.1 Å². The van der Waals surface area contributed by atoms with Crippen LogP contribution in [-0.2, 0) is 14.2 Å². The second kappa shape index (κ2) is 10.9. The molecule has 2 heterocycles. The van der Waals surface area contributed by atoms with Crippen LogP contribution in [0.25, 0.3) is 0 Å². The first kappa shape index (κ1) is 26.0. The van der Waals surface area contributed by atoms with Crippen molar-refractivity contribution in [2.24, 2.45) is 0 Å². The van der Waals surface area contributed by atoms with E-state index in [1.165, 1.54) is 12.1 Å². The molecule has 0 spiro atoms. The molecule has 0 bridgehead atoms. The summed E-state index contributed by atoms with van der Waals surface area (Å²) >= 11 is 0. The SMILES string of the molecule is O=[N+]([O-])c1ccc(C(OC(c2ccc([N+](=O)[O-])cc2[N+](=O)[O-])C2CCCO2)C2CCCO2)c([N+](=O)[O-])c1. The van der Waals surface area contributed by atoms with Crippen molar-refractivity contribution in [3.8, 4) is 0 Å². The summed E-state index contributed by atoms with van der Waals surface area (Å²) in [7, 11) is 0. The van der Waals surface area contributed by atoms with E-state index in [0.29, 0.717) is 38.9 Å². The lowest BCUT2D eigenvalue weighted by molar-refractivity contribution is -0.395. The van der Waals surface area contributed by atoms with Gasteiger partial charge in [-0.05, 0) is 37.8 Å². The zero-order valence-corrected chi connectivity index (χ0v) is 19.3. The van der Waals surface area contributed by atoms with Gasteiger partial charge in [0.1, 0.15) is 12.2 Å². The molecule has 15 heteroatoms. The predicted octanol–water partition coefficient (Wildman–Crippen LogP) is 4.48. The Bertz CT molecular complexity index is 1130. The molecule has 0 radical (unpaired) electrons. The Morgan fingerprint density at radius 2 is 1.08 bits per heavy atom. The van der Waals surface area contributed by atoms with Gasteiger partial charge in [-0.3, -0.25) is 40.5 Å². The molecule has 0 aliphatic carbocycles. The summed E-state index contributed by atoms with van der Waals surface area (Å²) in [6.45, 7) is 0.709. The molecule has 4 unspecified atom stereocenters. The molecule has 0 saturated carbocycles. The summed E-state index contributed by atoms with van der Waals surface area (Å²) in [5.74, 6) is 0. The number of hydrogen-bond donors (Lipinski definition) is 0. The van der Waals surface area contributed by atoms with Gasteiger partial charge in [0.25, 0.3) is 22.7 Å². The molecule has 4 rings (SSSR count). The van der Waals surface area contributed by atoms with Crippen LogP contribution < -0.4 is 0 Å². The molecule has 4 atom stereocenters. The standard InChI is InChI=1S/C22H22N4O11/c27-23(28)13-5-7-15(17(11-13)25(31)32)21(19-3-1-9-35-19)37-22(20-4-2-10-36-20)16-8-6-14(24(29)30)12-18(16)26(33)34/h5-8,11-12,19-22H,1-4,9-10H2. The van der Waals surface area contributed by atoms with Gasteiger partial charge < -0.3 is 14.2 Å². The maximum Gasteiger partial charge on any atom is 0.282 e. The Hall–Kier alpha value is -4.08. The Balaban J connectivity index is 1.83. The van der Waals surface area contributed by atoms with Crippen LogP contribution >= 0.6 is 0 Å². The third-order valence-corrected chi connectivity index (χ3v) is 6.35. The number of nitro benzene ring substituents is 4. The van der Waals surface area contributed by atoms with Crippen molar-refractivity contribution >= 4 is 22.7 Å². The van der Waals surface area contributed by atoms with Crippen LogP contribution in [0.2, 0.25) is 0 Å². The average Bonchev–Trinajstić information content (AvgIpc) is 3.59. The van der Waals surface area contributed by atoms with Crippen molar-refractivity contribution in [3.05, 3.63) is 88.0 Å². The molecule has 0 amide bonds. The lowest BCUT2D eigenvalue weighted by Gasteiger charge is -2.31. The first-order valence-corrected chi connectivity index (χ1v) is 11.4. The van der Waals surface area contributed by atoms with Crippen molar-refractivity contribution in [2.45, 2.75) is 50.1 Å². The van der Waals surface area contributed by atoms with Crippen molar-refractivity contribution in [1.82, 2.24) is 0 Å². The van der Waals surface area contributed by atoms with Gasteiger partial charge in [0, 0.05) is 25.3 Å². The number of ether oxygens (including phenoxy) is 3. The van der Waals surface area contributed by atoms with Crippen LogP contribution in [0.3, 0.4) is 0 Å². The van der Waals surface area contributed by atoms with E-state index < -0.39 is 66.9 Å². The van der Waals surface area contributed by atoms with Crippen LogP contribution in [0, 0.1) is 40.5 Å². The van der Waals surface area contributed by atoms with E-state index in [1.54, 1.807) is 0 Å². The summed E-state index contributed by atoms with van der Waals surface area (Å²) in [6, 6.07) is 6.33. The van der Waals surface area contributed by atoms with E-state index in [2.05, 4.69) is 0 Å². The maximum absolute atomic E-state index is 11.9. The third kappa shape index (κ3) is 5.52. The molecule has 2 aliphatic heterocycles. The third-order valence-electron chi connectivity index (χ3n) is 6.35. The normalized spacial score (nSPS) is 20.9. The monoisotopic (exact) mass is 518 g/mol. The fourth-order valence-electron chi connectivity index (χ4n) is 4.65. The van der Waals surface area contributed by atoms with Crippen molar-refractivity contribution < 1.29 is 33.9 Å². The minimum atomic E-state index is -1.13. The zero-order chi connectivity index (χ0) is 26.7. The quantitative estimate of drug-likeness (QED) is 0.317. The van der Waals surface area contributed by atoms with Crippen molar-refractivity contribution in [3.63, 3.8) is 0 Å².